The van der Waals surface area contributed by atoms with Crippen molar-refractivity contribution in [2.24, 2.45) is 0 Å². The third-order valence-corrected chi connectivity index (χ3v) is 7.89. The van der Waals surface area contributed by atoms with Crippen LogP contribution in [0.1, 0.15) is 46.9 Å². The second-order valence-electron chi connectivity index (χ2n) is 11.0. The van der Waals surface area contributed by atoms with Crippen molar-refractivity contribution in [2.75, 3.05) is 41.4 Å². The van der Waals surface area contributed by atoms with E-state index < -0.39 is 0 Å². The number of aromatic amines is 1. The summed E-state index contributed by atoms with van der Waals surface area (Å²) < 4.78 is 21.2. The van der Waals surface area contributed by atoms with Crippen LogP contribution < -0.4 is 15.1 Å². The lowest BCUT2D eigenvalue weighted by atomic mass is 10.0. The van der Waals surface area contributed by atoms with Crippen molar-refractivity contribution >= 4 is 28.7 Å². The van der Waals surface area contributed by atoms with E-state index in [4.69, 9.17) is 14.8 Å². The van der Waals surface area contributed by atoms with Gasteiger partial charge in [-0.25, -0.2) is 13.9 Å². The first-order chi connectivity index (χ1) is 20.4. The summed E-state index contributed by atoms with van der Waals surface area (Å²) in [5, 5.41) is 14.9. The minimum Gasteiger partial charge on any atom is -0.378 e. The lowest BCUT2D eigenvalue weighted by Gasteiger charge is -2.29. The van der Waals surface area contributed by atoms with E-state index in [9.17, 15) is 9.18 Å². The lowest BCUT2D eigenvalue weighted by molar-refractivity contribution is 0.102. The predicted molar refractivity (Wildman–Crippen MR) is 158 cm³/mol. The molecule has 2 aliphatic heterocycles. The van der Waals surface area contributed by atoms with Gasteiger partial charge in [0.05, 0.1) is 25.1 Å². The molecule has 1 fully saturated rings. The number of nitrogens with one attached hydrogen (secondary N) is 2. The number of hydrogen-bond donors (Lipinski definition) is 2. The molecule has 11 heteroatoms. The van der Waals surface area contributed by atoms with Crippen LogP contribution in [0.5, 0.6) is 0 Å². The van der Waals surface area contributed by atoms with E-state index in [0.29, 0.717) is 43.3 Å². The van der Waals surface area contributed by atoms with Gasteiger partial charge in [0.1, 0.15) is 11.6 Å². The number of ether oxygens (including phenoxy) is 1. The molecule has 0 unspecified atom stereocenters. The molecule has 7 rings (SSSR count). The van der Waals surface area contributed by atoms with Crippen molar-refractivity contribution in [2.45, 2.75) is 32.9 Å². The monoisotopic (exact) mass is 566 g/mol. The van der Waals surface area contributed by atoms with E-state index in [1.54, 1.807) is 23.0 Å². The number of benzene rings is 2. The van der Waals surface area contributed by atoms with Gasteiger partial charge in [0, 0.05) is 60.9 Å². The van der Waals surface area contributed by atoms with Crippen LogP contribution in [0.4, 0.5) is 21.6 Å². The Morgan fingerprint density at radius 1 is 1.05 bits per heavy atom. The Balaban J connectivity index is 1.28. The van der Waals surface area contributed by atoms with E-state index in [2.05, 4.69) is 25.3 Å². The largest absolute Gasteiger partial charge is 0.378 e. The molecule has 5 heterocycles. The molecule has 214 valence electrons. The van der Waals surface area contributed by atoms with Crippen molar-refractivity contribution in [3.05, 3.63) is 89.1 Å². The van der Waals surface area contributed by atoms with Crippen LogP contribution in [0, 0.1) is 5.82 Å². The Hall–Kier alpha value is -4.77. The molecule has 5 aromatic rings. The molecule has 2 aliphatic rings. The fourth-order valence-corrected chi connectivity index (χ4v) is 5.80. The molecule has 0 aliphatic carbocycles. The van der Waals surface area contributed by atoms with Crippen LogP contribution in [0.15, 0.2) is 60.9 Å². The highest BCUT2D eigenvalue weighted by Gasteiger charge is 2.28. The Morgan fingerprint density at radius 3 is 2.67 bits per heavy atom. The zero-order valence-electron chi connectivity index (χ0n) is 23.5. The van der Waals surface area contributed by atoms with E-state index in [1.165, 1.54) is 6.07 Å². The van der Waals surface area contributed by atoms with E-state index in [1.807, 2.05) is 50.2 Å². The molecule has 1 amide bonds. The van der Waals surface area contributed by atoms with Gasteiger partial charge in [0.25, 0.3) is 5.91 Å². The number of nitrogens with zero attached hydrogens (tertiary/aromatic N) is 6. The van der Waals surface area contributed by atoms with Gasteiger partial charge in [-0.05, 0) is 47.4 Å². The number of anilines is 3. The number of halogens is 1. The summed E-state index contributed by atoms with van der Waals surface area (Å²) in [7, 11) is 0. The van der Waals surface area contributed by atoms with E-state index >= 15 is 0 Å². The van der Waals surface area contributed by atoms with Crippen molar-refractivity contribution in [3.63, 3.8) is 0 Å². The first-order valence-corrected chi connectivity index (χ1v) is 14.1. The van der Waals surface area contributed by atoms with Gasteiger partial charge in [0.2, 0.25) is 0 Å². The predicted octanol–water partition coefficient (Wildman–Crippen LogP) is 4.99. The highest BCUT2D eigenvalue weighted by molar-refractivity contribution is 6.05. The van der Waals surface area contributed by atoms with Gasteiger partial charge in [-0.2, -0.15) is 10.2 Å². The first kappa shape index (κ1) is 26.1. The number of fused-ring (bicyclic) bond motifs is 2. The Morgan fingerprint density at radius 2 is 1.88 bits per heavy atom. The molecule has 2 N–H and O–H groups in total. The van der Waals surface area contributed by atoms with Gasteiger partial charge in [-0.1, -0.05) is 26.0 Å². The SMILES string of the molecule is CC(C)c1c(C(=O)Nc2cccc(N3CCOCC3)c2)nn2c(-c3cn[nH]c3)cc(N3Cc4ccc(F)cc4C3)nc12. The Kier molecular flexibility index (Phi) is 6.58. The number of H-pyrrole nitrogens is 1. The summed E-state index contributed by atoms with van der Waals surface area (Å²) in [6.07, 6.45) is 3.51. The highest BCUT2D eigenvalue weighted by Crippen LogP contribution is 2.34. The quantitative estimate of drug-likeness (QED) is 0.298. The summed E-state index contributed by atoms with van der Waals surface area (Å²) in [6, 6.07) is 14.7. The molecule has 2 aromatic carbocycles. The molecule has 1 saturated heterocycles. The molecular formula is C31H31FN8O2. The van der Waals surface area contributed by atoms with E-state index in [0.717, 1.165) is 52.5 Å². The first-order valence-electron chi connectivity index (χ1n) is 14.1. The number of morpholine rings is 1. The summed E-state index contributed by atoms with van der Waals surface area (Å²) in [6.45, 7) is 8.21. The summed E-state index contributed by atoms with van der Waals surface area (Å²) in [4.78, 5) is 23.2. The molecular weight excluding hydrogens is 535 g/mol. The maximum absolute atomic E-state index is 13.9. The second kappa shape index (κ2) is 10.6. The third-order valence-electron chi connectivity index (χ3n) is 7.89. The fourth-order valence-electron chi connectivity index (χ4n) is 5.80. The normalized spacial score (nSPS) is 15.0. The molecule has 0 spiro atoms. The summed E-state index contributed by atoms with van der Waals surface area (Å²) in [5.41, 5.74) is 6.99. The Labute approximate surface area is 242 Å². The summed E-state index contributed by atoms with van der Waals surface area (Å²) >= 11 is 0. The maximum Gasteiger partial charge on any atom is 0.276 e. The number of carbonyl (C=O) groups excluding carboxylic acids is 1. The topological polar surface area (TPSA) is 104 Å². The highest BCUT2D eigenvalue weighted by atomic mass is 19.1. The number of amides is 1. The number of aromatic nitrogens is 5. The van der Waals surface area contributed by atoms with Gasteiger partial charge in [-0.3, -0.25) is 9.89 Å². The average Bonchev–Trinajstić information content (AvgIpc) is 3.76. The van der Waals surface area contributed by atoms with Crippen molar-refractivity contribution in [1.29, 1.82) is 0 Å². The van der Waals surface area contributed by atoms with E-state index in [-0.39, 0.29) is 17.6 Å². The molecule has 10 nitrogen and oxygen atoms in total. The van der Waals surface area contributed by atoms with Crippen molar-refractivity contribution in [3.8, 4) is 11.3 Å². The molecule has 42 heavy (non-hydrogen) atoms. The molecule has 0 saturated carbocycles. The Bertz CT molecular complexity index is 1780. The lowest BCUT2D eigenvalue weighted by Crippen LogP contribution is -2.36. The maximum atomic E-state index is 13.9. The van der Waals surface area contributed by atoms with Crippen LogP contribution in [0.2, 0.25) is 0 Å². The van der Waals surface area contributed by atoms with Crippen molar-refractivity contribution in [1.82, 2.24) is 24.8 Å². The van der Waals surface area contributed by atoms with Crippen LogP contribution in [0.25, 0.3) is 16.9 Å². The average molecular weight is 567 g/mol. The van der Waals surface area contributed by atoms with Gasteiger partial charge < -0.3 is 19.9 Å². The number of rotatable bonds is 6. The fraction of sp³-hybridized carbons (Fsp3) is 0.290. The standard InChI is InChI=1S/C31H31FN8O2/c1-19(2)28-29(31(41)35-24-4-3-5-25(13-24)38-8-10-42-11-9-38)37-40-26(22-15-33-34-16-22)14-27(36-30(28)40)39-17-20-6-7-23(32)12-21(20)18-39/h3-7,12-16,19H,8-11,17-18H2,1-2H3,(H,33,34)(H,35,41). The smallest absolute Gasteiger partial charge is 0.276 e. The van der Waals surface area contributed by atoms with Crippen LogP contribution in [-0.4, -0.2) is 57.0 Å². The van der Waals surface area contributed by atoms with Crippen LogP contribution in [-0.2, 0) is 17.8 Å². The molecule has 0 bridgehead atoms. The van der Waals surface area contributed by atoms with Gasteiger partial charge in [-0.15, -0.1) is 0 Å². The van der Waals surface area contributed by atoms with Crippen molar-refractivity contribution < 1.29 is 13.9 Å². The number of carbonyl (C=O) groups is 1. The molecule has 0 atom stereocenters. The third kappa shape index (κ3) is 4.75. The van der Waals surface area contributed by atoms with Crippen LogP contribution in [0.3, 0.4) is 0 Å². The van der Waals surface area contributed by atoms with Gasteiger partial charge >= 0.3 is 0 Å². The number of hydrogen-bond acceptors (Lipinski definition) is 7. The minimum absolute atomic E-state index is 0.0345. The minimum atomic E-state index is -0.299. The zero-order chi connectivity index (χ0) is 28.8. The molecule has 0 radical (unpaired) electrons. The second-order valence-corrected chi connectivity index (χ2v) is 11.0. The summed E-state index contributed by atoms with van der Waals surface area (Å²) in [5.74, 6) is 0.143. The van der Waals surface area contributed by atoms with Crippen LogP contribution >= 0.6 is 0 Å². The van der Waals surface area contributed by atoms with Gasteiger partial charge in [0.15, 0.2) is 11.3 Å². The zero-order valence-corrected chi connectivity index (χ0v) is 23.5. The molecule has 3 aromatic heterocycles.